The number of nitrogens with one attached hydrogen (secondary N) is 3. The van der Waals surface area contributed by atoms with E-state index in [2.05, 4.69) is 15.6 Å². The Labute approximate surface area is 233 Å². The molecule has 3 N–H and O–H groups in total. The molecule has 6 rings (SSSR count). The predicted octanol–water partition coefficient (Wildman–Crippen LogP) is 3.32. The maximum atomic E-state index is 15.1. The van der Waals surface area contributed by atoms with E-state index in [4.69, 9.17) is 11.6 Å². The highest BCUT2D eigenvalue weighted by Gasteiger charge is 2.60. The van der Waals surface area contributed by atoms with Gasteiger partial charge in [-0.1, -0.05) is 23.7 Å². The summed E-state index contributed by atoms with van der Waals surface area (Å²) in [5, 5.41) is 4.55. The van der Waals surface area contributed by atoms with E-state index in [0.29, 0.717) is 41.2 Å². The fraction of sp³-hybridized carbons (Fsp3) is 0.500. The molecular formula is C26H28ClF3N4O5S. The van der Waals surface area contributed by atoms with E-state index in [1.165, 1.54) is 6.07 Å². The number of aromatic nitrogens is 1. The molecule has 0 radical (unpaired) electrons. The SMILES string of the molecule is CS(=O)(=O)/C(F)=C\[C@H](C[C@@H]1CCNC1=O)NC(=O)[C@@H]1[C@@H]2CC[C@@H](CC2(F)F)N1C(=O)c1cc2cccc(Cl)c2[nH]1. The van der Waals surface area contributed by atoms with Gasteiger partial charge in [-0.3, -0.25) is 14.4 Å². The van der Waals surface area contributed by atoms with E-state index >= 15 is 8.78 Å². The summed E-state index contributed by atoms with van der Waals surface area (Å²) in [5.41, 5.74) is 0.552. The first-order valence-electron chi connectivity index (χ1n) is 12.9. The Morgan fingerprint density at radius 2 is 2.02 bits per heavy atom. The minimum absolute atomic E-state index is 0.0126. The lowest BCUT2D eigenvalue weighted by Crippen LogP contribution is -2.68. The maximum absolute atomic E-state index is 15.1. The lowest BCUT2D eigenvalue weighted by molar-refractivity contribution is -0.179. The summed E-state index contributed by atoms with van der Waals surface area (Å²) in [6, 6.07) is 2.74. The van der Waals surface area contributed by atoms with E-state index in [9.17, 15) is 27.2 Å². The zero-order valence-electron chi connectivity index (χ0n) is 21.4. The molecule has 14 heteroatoms. The minimum atomic E-state index is -4.27. The van der Waals surface area contributed by atoms with Crippen LogP contribution in [0.2, 0.25) is 5.02 Å². The largest absolute Gasteiger partial charge is 0.356 e. The van der Waals surface area contributed by atoms with Crippen molar-refractivity contribution in [1.29, 1.82) is 0 Å². The molecule has 4 fully saturated rings. The van der Waals surface area contributed by atoms with Crippen LogP contribution in [0.15, 0.2) is 35.5 Å². The quantitative estimate of drug-likeness (QED) is 0.449. The normalized spacial score (nSPS) is 27.1. The van der Waals surface area contributed by atoms with Crippen molar-refractivity contribution in [1.82, 2.24) is 20.5 Å². The third-order valence-electron chi connectivity index (χ3n) is 7.99. The average Bonchev–Trinajstić information content (AvgIpc) is 3.49. The summed E-state index contributed by atoms with van der Waals surface area (Å²) >= 11 is 6.22. The van der Waals surface area contributed by atoms with Crippen LogP contribution >= 0.6 is 11.6 Å². The Hall–Kier alpha value is -3.06. The number of carbonyl (C=O) groups excluding carboxylic acids is 3. The minimum Gasteiger partial charge on any atom is -0.356 e. The molecule has 3 amide bonds. The summed E-state index contributed by atoms with van der Waals surface area (Å²) < 4.78 is 68.2. The summed E-state index contributed by atoms with van der Waals surface area (Å²) in [5.74, 6) is -7.37. The first-order valence-corrected chi connectivity index (χ1v) is 15.2. The van der Waals surface area contributed by atoms with Gasteiger partial charge >= 0.3 is 0 Å². The van der Waals surface area contributed by atoms with Crippen molar-refractivity contribution in [2.75, 3.05) is 12.8 Å². The van der Waals surface area contributed by atoms with Gasteiger partial charge in [0.1, 0.15) is 11.7 Å². The molecule has 1 aromatic heterocycles. The van der Waals surface area contributed by atoms with E-state index in [1.807, 2.05) is 0 Å². The number of piperidine rings is 2. The first kappa shape index (κ1) is 28.5. The summed E-state index contributed by atoms with van der Waals surface area (Å²) in [7, 11) is -4.27. The molecule has 0 unspecified atom stereocenters. The maximum Gasteiger partial charge on any atom is 0.271 e. The van der Waals surface area contributed by atoms with Crippen LogP contribution < -0.4 is 10.6 Å². The third-order valence-corrected chi connectivity index (χ3v) is 9.15. The van der Waals surface area contributed by atoms with Crippen LogP contribution in [0.4, 0.5) is 13.2 Å². The Morgan fingerprint density at radius 1 is 1.27 bits per heavy atom. The number of hydrogen-bond acceptors (Lipinski definition) is 5. The lowest BCUT2D eigenvalue weighted by Gasteiger charge is -2.53. The van der Waals surface area contributed by atoms with Crippen LogP contribution in [-0.4, -0.2) is 72.9 Å². The van der Waals surface area contributed by atoms with Crippen LogP contribution in [0.25, 0.3) is 10.9 Å². The van der Waals surface area contributed by atoms with E-state index in [1.54, 1.807) is 18.2 Å². The lowest BCUT2D eigenvalue weighted by atomic mass is 9.71. The topological polar surface area (TPSA) is 128 Å². The Kier molecular flexibility index (Phi) is 7.40. The molecule has 1 aromatic carbocycles. The number of carbonyl (C=O) groups is 3. The van der Waals surface area contributed by atoms with Gasteiger partial charge in [0.15, 0.2) is 0 Å². The van der Waals surface area contributed by atoms with Crippen molar-refractivity contribution in [3.8, 4) is 0 Å². The number of fused-ring (bicyclic) bond motifs is 4. The number of H-pyrrole nitrogens is 1. The fourth-order valence-corrected chi connectivity index (χ4v) is 6.71. The molecule has 4 heterocycles. The zero-order chi connectivity index (χ0) is 29.0. The van der Waals surface area contributed by atoms with Crippen LogP contribution in [0, 0.1) is 11.8 Å². The number of benzene rings is 1. The number of aromatic amines is 1. The molecule has 5 atom stereocenters. The number of alkyl halides is 2. The molecular weight excluding hydrogens is 573 g/mol. The Morgan fingerprint density at radius 3 is 2.65 bits per heavy atom. The van der Waals surface area contributed by atoms with Gasteiger partial charge in [-0.25, -0.2) is 17.2 Å². The number of rotatable bonds is 7. The summed E-state index contributed by atoms with van der Waals surface area (Å²) in [4.78, 5) is 43.6. The standard InChI is InChI=1S/C26H28ClF3N4O5S/c1-40(38,39)20(28)11-15(9-14-7-8-31-23(14)35)32-24(36)22-17-6-5-16(12-26(17,29)30)34(22)25(37)19-10-13-3-2-4-18(27)21(13)33-19/h2-4,10-11,14-17,22,33H,5-9,12H2,1H3,(H,31,35)(H,32,36)/b20-11-/t14-,15-,16-,17-,22-/m0/s1. The molecule has 3 saturated heterocycles. The van der Waals surface area contributed by atoms with Crippen LogP contribution in [0.5, 0.6) is 0 Å². The second kappa shape index (κ2) is 10.4. The van der Waals surface area contributed by atoms with Gasteiger partial charge in [-0.15, -0.1) is 0 Å². The highest BCUT2D eigenvalue weighted by molar-refractivity contribution is 7.94. The van der Waals surface area contributed by atoms with Gasteiger partial charge in [0.25, 0.3) is 11.8 Å². The van der Waals surface area contributed by atoms with Gasteiger partial charge < -0.3 is 20.5 Å². The molecule has 2 aromatic rings. The molecule has 1 aliphatic carbocycles. The van der Waals surface area contributed by atoms with Gasteiger partial charge in [0, 0.05) is 36.6 Å². The van der Waals surface area contributed by atoms with E-state index in [-0.39, 0.29) is 30.9 Å². The zero-order valence-corrected chi connectivity index (χ0v) is 23.0. The number of sulfone groups is 1. The highest BCUT2D eigenvalue weighted by atomic mass is 35.5. The molecule has 40 heavy (non-hydrogen) atoms. The van der Waals surface area contributed by atoms with Gasteiger partial charge in [-0.2, -0.15) is 4.39 Å². The number of nitrogens with zero attached hydrogens (tertiary/aromatic N) is 1. The van der Waals surface area contributed by atoms with Crippen molar-refractivity contribution in [3.63, 3.8) is 0 Å². The van der Waals surface area contributed by atoms with Crippen molar-refractivity contribution in [2.45, 2.75) is 56.2 Å². The molecule has 2 bridgehead atoms. The number of halogens is 4. The number of para-hydroxylation sites is 1. The summed E-state index contributed by atoms with van der Waals surface area (Å²) in [6.45, 7) is 0.359. The van der Waals surface area contributed by atoms with Crippen molar-refractivity contribution in [3.05, 3.63) is 46.2 Å². The van der Waals surface area contributed by atoms with E-state index in [0.717, 1.165) is 4.90 Å². The monoisotopic (exact) mass is 600 g/mol. The van der Waals surface area contributed by atoms with E-state index < -0.39 is 69.1 Å². The fourth-order valence-electron chi connectivity index (χ4n) is 6.07. The summed E-state index contributed by atoms with van der Waals surface area (Å²) in [6.07, 6.45) is 1.19. The number of hydrogen-bond donors (Lipinski definition) is 3. The molecule has 9 nitrogen and oxygen atoms in total. The van der Waals surface area contributed by atoms with Gasteiger partial charge in [0.2, 0.25) is 26.8 Å². The van der Waals surface area contributed by atoms with Crippen LogP contribution in [-0.2, 0) is 19.4 Å². The molecule has 0 spiro atoms. The van der Waals surface area contributed by atoms with Gasteiger partial charge in [-0.05, 0) is 43.9 Å². The number of amides is 3. The smallest absolute Gasteiger partial charge is 0.271 e. The Bertz CT molecular complexity index is 1510. The first-order chi connectivity index (χ1) is 18.8. The van der Waals surface area contributed by atoms with Crippen LogP contribution in [0.3, 0.4) is 0 Å². The second-order valence-electron chi connectivity index (χ2n) is 10.7. The van der Waals surface area contributed by atoms with Crippen molar-refractivity contribution < 1.29 is 36.0 Å². The predicted molar refractivity (Wildman–Crippen MR) is 141 cm³/mol. The molecule has 216 valence electrons. The van der Waals surface area contributed by atoms with Gasteiger partial charge in [0.05, 0.1) is 22.5 Å². The molecule has 4 aliphatic rings. The Balaban J connectivity index is 1.48. The van der Waals surface area contributed by atoms with Crippen LogP contribution in [0.1, 0.15) is 42.6 Å². The average molecular weight is 601 g/mol. The van der Waals surface area contributed by atoms with Crippen molar-refractivity contribution >= 4 is 50.1 Å². The third kappa shape index (κ3) is 5.32. The second-order valence-corrected chi connectivity index (χ2v) is 13.1. The molecule has 3 aliphatic heterocycles. The molecule has 1 saturated carbocycles. The highest BCUT2D eigenvalue weighted by Crippen LogP contribution is 2.49. The van der Waals surface area contributed by atoms with Crippen molar-refractivity contribution in [2.24, 2.45) is 11.8 Å².